The second-order valence-corrected chi connectivity index (χ2v) is 4.84. The summed E-state index contributed by atoms with van der Waals surface area (Å²) in [6.07, 6.45) is 0. The maximum absolute atomic E-state index is 5.22. The molecule has 0 aliphatic heterocycles. The molecular weight excluding hydrogens is 228 g/mol. The summed E-state index contributed by atoms with van der Waals surface area (Å²) in [5.41, 5.74) is 0. The summed E-state index contributed by atoms with van der Waals surface area (Å²) in [7, 11) is -1.73. The SMILES string of the molecule is CCO[SiH](OCC)OCC.c1ccsc1. The number of hydrogen-bond acceptors (Lipinski definition) is 4. The van der Waals surface area contributed by atoms with Crippen LogP contribution in [0.25, 0.3) is 0 Å². The Balaban J connectivity index is 0.000000322. The number of hydrogen-bond donors (Lipinski definition) is 0. The van der Waals surface area contributed by atoms with Gasteiger partial charge < -0.3 is 13.3 Å². The Morgan fingerprint density at radius 1 is 0.867 bits per heavy atom. The summed E-state index contributed by atoms with van der Waals surface area (Å²) >= 11 is 1.71. The molecule has 5 heteroatoms. The second-order valence-electron chi connectivity index (χ2n) is 2.45. The van der Waals surface area contributed by atoms with E-state index in [0.717, 1.165) is 0 Å². The zero-order valence-corrected chi connectivity index (χ0v) is 11.6. The molecule has 88 valence electrons. The van der Waals surface area contributed by atoms with Gasteiger partial charge in [0.15, 0.2) is 0 Å². The molecular formula is C10H20O3SSi. The Hall–Kier alpha value is -0.203. The summed E-state index contributed by atoms with van der Waals surface area (Å²) in [6.45, 7) is 7.86. The van der Waals surface area contributed by atoms with Gasteiger partial charge in [-0.15, -0.1) is 0 Å². The van der Waals surface area contributed by atoms with E-state index >= 15 is 0 Å². The van der Waals surface area contributed by atoms with E-state index in [-0.39, 0.29) is 0 Å². The van der Waals surface area contributed by atoms with E-state index in [1.54, 1.807) is 11.3 Å². The highest BCUT2D eigenvalue weighted by Gasteiger charge is 2.11. The van der Waals surface area contributed by atoms with Crippen LogP contribution in [0.15, 0.2) is 22.9 Å². The largest absolute Gasteiger partial charge is 0.484 e. The molecule has 0 atom stereocenters. The summed E-state index contributed by atoms with van der Waals surface area (Å²) in [6, 6.07) is 4.04. The van der Waals surface area contributed by atoms with Gasteiger partial charge in [0.25, 0.3) is 0 Å². The van der Waals surface area contributed by atoms with Crippen LogP contribution in [0.5, 0.6) is 0 Å². The second kappa shape index (κ2) is 11.9. The van der Waals surface area contributed by atoms with Gasteiger partial charge in [-0.25, -0.2) is 0 Å². The molecule has 0 aliphatic rings. The summed E-state index contributed by atoms with van der Waals surface area (Å²) in [5.74, 6) is 0. The van der Waals surface area contributed by atoms with Crippen molar-refractivity contribution in [1.82, 2.24) is 0 Å². The predicted molar refractivity (Wildman–Crippen MR) is 66.3 cm³/mol. The molecule has 0 N–H and O–H groups in total. The van der Waals surface area contributed by atoms with Crippen LogP contribution in [-0.2, 0) is 13.3 Å². The van der Waals surface area contributed by atoms with Crippen LogP contribution < -0.4 is 0 Å². The number of rotatable bonds is 6. The lowest BCUT2D eigenvalue weighted by Crippen LogP contribution is -2.27. The third kappa shape index (κ3) is 10.1. The molecule has 0 aromatic carbocycles. The maximum Gasteiger partial charge on any atom is 0.484 e. The van der Waals surface area contributed by atoms with Gasteiger partial charge >= 0.3 is 9.53 Å². The summed E-state index contributed by atoms with van der Waals surface area (Å²) < 4.78 is 15.7. The molecule has 15 heavy (non-hydrogen) atoms. The fraction of sp³-hybridized carbons (Fsp3) is 0.600. The monoisotopic (exact) mass is 248 g/mol. The molecule has 0 unspecified atom stereocenters. The molecule has 0 saturated heterocycles. The molecule has 0 radical (unpaired) electrons. The molecule has 0 aliphatic carbocycles. The Labute approximate surface area is 98.0 Å². The Kier molecular flexibility index (Phi) is 11.7. The van der Waals surface area contributed by atoms with Crippen LogP contribution in [0.3, 0.4) is 0 Å². The zero-order chi connectivity index (χ0) is 11.4. The van der Waals surface area contributed by atoms with Gasteiger partial charge in [-0.2, -0.15) is 11.3 Å². The molecule has 1 aromatic rings. The first-order valence-electron chi connectivity index (χ1n) is 5.17. The van der Waals surface area contributed by atoms with Crippen molar-refractivity contribution in [3.8, 4) is 0 Å². The van der Waals surface area contributed by atoms with Crippen molar-refractivity contribution >= 4 is 20.9 Å². The zero-order valence-electron chi connectivity index (χ0n) is 9.64. The molecule has 1 aromatic heterocycles. The van der Waals surface area contributed by atoms with Gasteiger partial charge in [0.2, 0.25) is 0 Å². The fourth-order valence-corrected chi connectivity index (χ4v) is 2.34. The quantitative estimate of drug-likeness (QED) is 0.724. The molecule has 0 spiro atoms. The van der Waals surface area contributed by atoms with Crippen molar-refractivity contribution in [1.29, 1.82) is 0 Å². The summed E-state index contributed by atoms with van der Waals surface area (Å²) in [5, 5.41) is 4.08. The van der Waals surface area contributed by atoms with Gasteiger partial charge in [0.05, 0.1) is 0 Å². The molecule has 1 heterocycles. The standard InChI is InChI=1S/C6H16O3Si.C4H4S/c1-4-7-10(8-5-2)9-6-3;1-2-4-5-3-1/h10H,4-6H2,1-3H3;1-4H. The van der Waals surface area contributed by atoms with E-state index < -0.39 is 9.53 Å². The first-order valence-corrected chi connectivity index (χ1v) is 7.52. The lowest BCUT2D eigenvalue weighted by molar-refractivity contribution is 0.107. The highest BCUT2D eigenvalue weighted by atomic mass is 32.1. The molecule has 0 saturated carbocycles. The lowest BCUT2D eigenvalue weighted by Gasteiger charge is -2.12. The minimum Gasteiger partial charge on any atom is -0.376 e. The normalized spacial score (nSPS) is 9.87. The van der Waals surface area contributed by atoms with Gasteiger partial charge in [0.1, 0.15) is 0 Å². The topological polar surface area (TPSA) is 27.7 Å². The van der Waals surface area contributed by atoms with Crippen LogP contribution in [0, 0.1) is 0 Å². The van der Waals surface area contributed by atoms with Crippen molar-refractivity contribution in [2.45, 2.75) is 20.8 Å². The van der Waals surface area contributed by atoms with Gasteiger partial charge in [0, 0.05) is 19.8 Å². The minimum absolute atomic E-state index is 0.677. The fourth-order valence-electron chi connectivity index (χ4n) is 0.779. The average molecular weight is 248 g/mol. The van der Waals surface area contributed by atoms with Gasteiger partial charge in [-0.1, -0.05) is 12.1 Å². The Morgan fingerprint density at radius 3 is 1.47 bits per heavy atom. The van der Waals surface area contributed by atoms with Crippen molar-refractivity contribution in [2.24, 2.45) is 0 Å². The van der Waals surface area contributed by atoms with Crippen molar-refractivity contribution in [3.63, 3.8) is 0 Å². The van der Waals surface area contributed by atoms with Crippen molar-refractivity contribution in [3.05, 3.63) is 22.9 Å². The number of thiophene rings is 1. The van der Waals surface area contributed by atoms with E-state index in [1.807, 2.05) is 43.7 Å². The highest BCUT2D eigenvalue weighted by Crippen LogP contribution is 1.92. The van der Waals surface area contributed by atoms with Crippen molar-refractivity contribution < 1.29 is 13.3 Å². The molecule has 1 rings (SSSR count). The van der Waals surface area contributed by atoms with E-state index in [0.29, 0.717) is 19.8 Å². The Morgan fingerprint density at radius 2 is 1.27 bits per heavy atom. The average Bonchev–Trinajstić information content (AvgIpc) is 2.77. The summed E-state index contributed by atoms with van der Waals surface area (Å²) in [4.78, 5) is 0. The molecule has 0 amide bonds. The lowest BCUT2D eigenvalue weighted by atomic mass is 10.7. The van der Waals surface area contributed by atoms with E-state index in [1.165, 1.54) is 0 Å². The third-order valence-corrected chi connectivity index (χ3v) is 3.78. The molecule has 3 nitrogen and oxygen atoms in total. The van der Waals surface area contributed by atoms with E-state index in [9.17, 15) is 0 Å². The predicted octanol–water partition coefficient (Wildman–Crippen LogP) is 2.56. The molecule has 0 fully saturated rings. The highest BCUT2D eigenvalue weighted by molar-refractivity contribution is 7.07. The van der Waals surface area contributed by atoms with Crippen LogP contribution in [0.4, 0.5) is 0 Å². The van der Waals surface area contributed by atoms with E-state index in [2.05, 4.69) is 0 Å². The van der Waals surface area contributed by atoms with Gasteiger partial charge in [-0.05, 0) is 31.5 Å². The van der Waals surface area contributed by atoms with Crippen LogP contribution >= 0.6 is 11.3 Å². The first kappa shape index (κ1) is 14.8. The first-order chi connectivity index (χ1) is 7.35. The smallest absolute Gasteiger partial charge is 0.376 e. The third-order valence-electron chi connectivity index (χ3n) is 1.33. The van der Waals surface area contributed by atoms with Gasteiger partial charge in [-0.3, -0.25) is 0 Å². The van der Waals surface area contributed by atoms with E-state index in [4.69, 9.17) is 13.3 Å². The maximum atomic E-state index is 5.22. The minimum atomic E-state index is -1.73. The van der Waals surface area contributed by atoms with Crippen LogP contribution in [-0.4, -0.2) is 29.3 Å². The Bertz CT molecular complexity index is 163. The van der Waals surface area contributed by atoms with Crippen molar-refractivity contribution in [2.75, 3.05) is 19.8 Å². The van der Waals surface area contributed by atoms with Crippen LogP contribution in [0.1, 0.15) is 20.8 Å². The molecule has 0 bridgehead atoms. The van der Waals surface area contributed by atoms with Crippen LogP contribution in [0.2, 0.25) is 0 Å².